The highest BCUT2D eigenvalue weighted by Crippen LogP contribution is 2.23. The number of aromatic nitrogens is 1. The summed E-state index contributed by atoms with van der Waals surface area (Å²) in [6.07, 6.45) is 3.45. The summed E-state index contributed by atoms with van der Waals surface area (Å²) < 4.78 is 5.13. The highest BCUT2D eigenvalue weighted by atomic mass is 16.5. The average Bonchev–Trinajstić information content (AvgIpc) is 3.04. The second-order valence-corrected chi connectivity index (χ2v) is 5.84. The van der Waals surface area contributed by atoms with Crippen LogP contribution >= 0.6 is 0 Å². The quantitative estimate of drug-likeness (QED) is 0.910. The summed E-state index contributed by atoms with van der Waals surface area (Å²) >= 11 is 0. The fourth-order valence-corrected chi connectivity index (χ4v) is 2.90. The maximum atomic E-state index is 12.1. The van der Waals surface area contributed by atoms with E-state index in [1.165, 1.54) is 0 Å². The van der Waals surface area contributed by atoms with Crippen LogP contribution in [0.3, 0.4) is 0 Å². The first-order valence-electron chi connectivity index (χ1n) is 7.71. The first-order valence-corrected chi connectivity index (χ1v) is 7.71. The molecule has 2 unspecified atom stereocenters. The Kier molecular flexibility index (Phi) is 4.53. The normalized spacial score (nSPS) is 21.5. The molecule has 1 aliphatic carbocycles. The third kappa shape index (κ3) is 3.54. The lowest BCUT2D eigenvalue weighted by atomic mass is 9.87. The number of aliphatic hydroxyl groups is 1. The van der Waals surface area contributed by atoms with Crippen LogP contribution < -0.4 is 5.32 Å². The molecule has 0 spiro atoms. The molecule has 1 aromatic carbocycles. The summed E-state index contributed by atoms with van der Waals surface area (Å²) in [6, 6.07) is 11.2. The molecular formula is C17H20N2O3. The summed E-state index contributed by atoms with van der Waals surface area (Å²) in [7, 11) is 0. The summed E-state index contributed by atoms with van der Waals surface area (Å²) in [4.78, 5) is 12.1. The minimum atomic E-state index is -0.255. The molecule has 1 fully saturated rings. The number of aliphatic hydroxyl groups excluding tert-OH is 1. The van der Waals surface area contributed by atoms with Gasteiger partial charge in [-0.15, -0.1) is 0 Å². The molecule has 2 N–H and O–H groups in total. The summed E-state index contributed by atoms with van der Waals surface area (Å²) in [5, 5.41) is 16.5. The predicted octanol–water partition coefficient (Wildman–Crippen LogP) is 2.62. The van der Waals surface area contributed by atoms with E-state index >= 15 is 0 Å². The SMILES string of the molecule is O=C(NCC1CCCC(O)C1)c1cc(-c2ccccc2)no1. The maximum absolute atomic E-state index is 12.1. The molecular weight excluding hydrogens is 280 g/mol. The van der Waals surface area contributed by atoms with Gasteiger partial charge in [0.15, 0.2) is 0 Å². The highest BCUT2D eigenvalue weighted by Gasteiger charge is 2.21. The minimum absolute atomic E-state index is 0.218. The number of hydrogen-bond donors (Lipinski definition) is 2. The van der Waals surface area contributed by atoms with E-state index in [9.17, 15) is 9.90 Å². The number of rotatable bonds is 4. The lowest BCUT2D eigenvalue weighted by Gasteiger charge is -2.25. The van der Waals surface area contributed by atoms with Gasteiger partial charge in [0.25, 0.3) is 5.91 Å². The van der Waals surface area contributed by atoms with Crippen molar-refractivity contribution in [2.24, 2.45) is 5.92 Å². The standard InChI is InChI=1S/C17H20N2O3/c20-14-8-4-5-12(9-14)11-18-17(21)16-10-15(19-22-16)13-6-2-1-3-7-13/h1-3,6-7,10,12,14,20H,4-5,8-9,11H2,(H,18,21). The molecule has 0 bridgehead atoms. The van der Waals surface area contributed by atoms with Crippen LogP contribution in [0.5, 0.6) is 0 Å². The van der Waals surface area contributed by atoms with Crippen LogP contribution in [-0.4, -0.2) is 28.8 Å². The summed E-state index contributed by atoms with van der Waals surface area (Å²) in [5.74, 6) is 0.300. The number of benzene rings is 1. The van der Waals surface area contributed by atoms with Crippen LogP contribution in [0.1, 0.15) is 36.2 Å². The minimum Gasteiger partial charge on any atom is -0.393 e. The van der Waals surface area contributed by atoms with E-state index in [4.69, 9.17) is 4.52 Å². The monoisotopic (exact) mass is 300 g/mol. The van der Waals surface area contributed by atoms with Gasteiger partial charge in [0, 0.05) is 18.2 Å². The molecule has 0 aliphatic heterocycles. The molecule has 1 aliphatic rings. The van der Waals surface area contributed by atoms with E-state index in [1.807, 2.05) is 30.3 Å². The van der Waals surface area contributed by atoms with E-state index in [0.29, 0.717) is 18.2 Å². The molecule has 2 atom stereocenters. The molecule has 116 valence electrons. The van der Waals surface area contributed by atoms with Gasteiger partial charge >= 0.3 is 0 Å². The Bertz CT molecular complexity index is 624. The van der Waals surface area contributed by atoms with Crippen molar-refractivity contribution in [3.05, 3.63) is 42.2 Å². The van der Waals surface area contributed by atoms with E-state index in [0.717, 1.165) is 31.2 Å². The van der Waals surface area contributed by atoms with Gasteiger partial charge < -0.3 is 14.9 Å². The Morgan fingerprint density at radius 2 is 2.14 bits per heavy atom. The van der Waals surface area contributed by atoms with Crippen molar-refractivity contribution in [2.45, 2.75) is 31.8 Å². The zero-order valence-electron chi connectivity index (χ0n) is 12.4. The summed E-state index contributed by atoms with van der Waals surface area (Å²) in [5.41, 5.74) is 1.57. The van der Waals surface area contributed by atoms with E-state index in [-0.39, 0.29) is 17.8 Å². The van der Waals surface area contributed by atoms with Crippen molar-refractivity contribution in [1.29, 1.82) is 0 Å². The lowest BCUT2D eigenvalue weighted by Crippen LogP contribution is -2.32. The van der Waals surface area contributed by atoms with Gasteiger partial charge in [-0.25, -0.2) is 0 Å². The van der Waals surface area contributed by atoms with Crippen LogP contribution in [0.2, 0.25) is 0 Å². The van der Waals surface area contributed by atoms with Gasteiger partial charge in [0.2, 0.25) is 5.76 Å². The van der Waals surface area contributed by atoms with E-state index in [1.54, 1.807) is 6.07 Å². The molecule has 0 radical (unpaired) electrons. The molecule has 5 heteroatoms. The zero-order chi connectivity index (χ0) is 15.4. The van der Waals surface area contributed by atoms with E-state index in [2.05, 4.69) is 10.5 Å². The Hall–Kier alpha value is -2.14. The molecule has 22 heavy (non-hydrogen) atoms. The van der Waals surface area contributed by atoms with Crippen molar-refractivity contribution in [3.8, 4) is 11.3 Å². The lowest BCUT2D eigenvalue weighted by molar-refractivity contribution is 0.0847. The number of nitrogens with one attached hydrogen (secondary N) is 1. The Morgan fingerprint density at radius 3 is 2.91 bits per heavy atom. The summed E-state index contributed by atoms with van der Waals surface area (Å²) in [6.45, 7) is 0.567. The predicted molar refractivity (Wildman–Crippen MR) is 82.2 cm³/mol. The van der Waals surface area contributed by atoms with Gasteiger partial charge in [-0.3, -0.25) is 4.79 Å². The van der Waals surface area contributed by atoms with Crippen LogP contribution in [0.15, 0.2) is 40.9 Å². The van der Waals surface area contributed by atoms with Crippen molar-refractivity contribution in [1.82, 2.24) is 10.5 Å². The molecule has 2 aromatic rings. The second-order valence-electron chi connectivity index (χ2n) is 5.84. The fourth-order valence-electron chi connectivity index (χ4n) is 2.90. The number of nitrogens with zero attached hydrogens (tertiary/aromatic N) is 1. The van der Waals surface area contributed by atoms with E-state index < -0.39 is 0 Å². The smallest absolute Gasteiger partial charge is 0.289 e. The number of amides is 1. The third-order valence-electron chi connectivity index (χ3n) is 4.11. The van der Waals surface area contributed by atoms with Gasteiger partial charge in [-0.2, -0.15) is 0 Å². The largest absolute Gasteiger partial charge is 0.393 e. The van der Waals surface area contributed by atoms with Gasteiger partial charge in [0.05, 0.1) is 6.10 Å². The highest BCUT2D eigenvalue weighted by molar-refractivity contribution is 5.92. The third-order valence-corrected chi connectivity index (χ3v) is 4.11. The first-order chi connectivity index (χ1) is 10.7. The molecule has 1 saturated carbocycles. The average molecular weight is 300 g/mol. The Morgan fingerprint density at radius 1 is 1.32 bits per heavy atom. The molecule has 5 nitrogen and oxygen atoms in total. The number of carbonyl (C=O) groups is 1. The van der Waals surface area contributed by atoms with Crippen LogP contribution in [0, 0.1) is 5.92 Å². The second kappa shape index (κ2) is 6.75. The maximum Gasteiger partial charge on any atom is 0.289 e. The van der Waals surface area contributed by atoms with Crippen molar-refractivity contribution in [3.63, 3.8) is 0 Å². The van der Waals surface area contributed by atoms with Gasteiger partial charge in [-0.1, -0.05) is 41.9 Å². The Labute approximate surface area is 129 Å². The molecule has 1 amide bonds. The van der Waals surface area contributed by atoms with Gasteiger partial charge in [0.1, 0.15) is 5.69 Å². The zero-order valence-corrected chi connectivity index (χ0v) is 12.4. The number of carbonyl (C=O) groups excluding carboxylic acids is 1. The molecule has 3 rings (SSSR count). The van der Waals surface area contributed by atoms with Crippen molar-refractivity contribution < 1.29 is 14.4 Å². The van der Waals surface area contributed by atoms with Crippen LogP contribution in [0.4, 0.5) is 0 Å². The molecule has 1 aromatic heterocycles. The Balaban J connectivity index is 1.58. The fraction of sp³-hybridized carbons (Fsp3) is 0.412. The van der Waals surface area contributed by atoms with Crippen molar-refractivity contribution >= 4 is 5.91 Å². The topological polar surface area (TPSA) is 75.4 Å². The van der Waals surface area contributed by atoms with Crippen LogP contribution in [0.25, 0.3) is 11.3 Å². The number of hydrogen-bond acceptors (Lipinski definition) is 4. The van der Waals surface area contributed by atoms with Crippen molar-refractivity contribution in [2.75, 3.05) is 6.54 Å². The van der Waals surface area contributed by atoms with Gasteiger partial charge in [-0.05, 0) is 25.2 Å². The van der Waals surface area contributed by atoms with Crippen LogP contribution in [-0.2, 0) is 0 Å². The molecule has 1 heterocycles. The molecule has 0 saturated heterocycles. The first kappa shape index (κ1) is 14.8.